The van der Waals surface area contributed by atoms with Crippen molar-refractivity contribution in [3.05, 3.63) is 75.6 Å². The molecule has 4 rings (SSSR count). The molecule has 176 valence electrons. The van der Waals surface area contributed by atoms with Crippen molar-refractivity contribution in [1.82, 2.24) is 10.0 Å². The molecule has 0 unspecified atom stereocenters. The highest BCUT2D eigenvalue weighted by Gasteiger charge is 2.52. The Morgan fingerprint density at radius 2 is 1.74 bits per heavy atom. The first-order chi connectivity index (χ1) is 16.2. The molecule has 1 saturated carbocycles. The number of Topliss-reactive ketones (excluding diaryl/α,β-unsaturated/α-hetero) is 1. The van der Waals surface area contributed by atoms with Gasteiger partial charge in [-0.2, -0.15) is 5.01 Å². The standard InChI is InChI=1S/C24H22FN3O6/c1-14-5-10-19-20(11-14)24(32)27(23(19)31)26(13-21(29)15-6-8-17(25)9-7-15)22(30)16-3-2-4-18(12-16)28(33)34/h2-4,6-9,12,14,19-20H,5,10-11,13H2,1H3/t14-,19-,20+/m1/s1. The molecule has 3 amide bonds. The third kappa shape index (κ3) is 4.30. The van der Waals surface area contributed by atoms with E-state index in [0.717, 1.165) is 34.6 Å². The fourth-order valence-corrected chi connectivity index (χ4v) is 4.61. The van der Waals surface area contributed by atoms with E-state index in [0.29, 0.717) is 12.8 Å². The summed E-state index contributed by atoms with van der Waals surface area (Å²) < 4.78 is 13.3. The first kappa shape index (κ1) is 23.2. The number of hydrazine groups is 1. The Labute approximate surface area is 194 Å². The van der Waals surface area contributed by atoms with E-state index in [2.05, 4.69) is 0 Å². The minimum atomic E-state index is -0.896. The molecular formula is C24H22FN3O6. The Kier molecular flexibility index (Phi) is 6.23. The summed E-state index contributed by atoms with van der Waals surface area (Å²) in [5.41, 5.74) is -0.412. The van der Waals surface area contributed by atoms with Crippen LogP contribution in [0.3, 0.4) is 0 Å². The minimum Gasteiger partial charge on any atom is -0.292 e. The molecule has 2 aromatic rings. The number of non-ortho nitro benzene ring substituents is 1. The van der Waals surface area contributed by atoms with Crippen molar-refractivity contribution in [3.8, 4) is 0 Å². The molecule has 0 aromatic heterocycles. The largest absolute Gasteiger partial charge is 0.292 e. The molecule has 2 aromatic carbocycles. The number of nitro groups is 1. The van der Waals surface area contributed by atoms with Gasteiger partial charge in [-0.1, -0.05) is 13.0 Å². The molecule has 1 aliphatic heterocycles. The third-order valence-corrected chi connectivity index (χ3v) is 6.40. The molecule has 1 heterocycles. The topological polar surface area (TPSA) is 118 Å². The van der Waals surface area contributed by atoms with Gasteiger partial charge in [0.15, 0.2) is 5.78 Å². The summed E-state index contributed by atoms with van der Waals surface area (Å²) in [5, 5.41) is 12.7. The Balaban J connectivity index is 1.71. The van der Waals surface area contributed by atoms with Crippen LogP contribution in [0.4, 0.5) is 10.1 Å². The number of ketones is 1. The lowest BCUT2D eigenvalue weighted by atomic mass is 9.76. The van der Waals surface area contributed by atoms with Gasteiger partial charge in [-0.3, -0.25) is 29.3 Å². The highest BCUT2D eigenvalue weighted by Crippen LogP contribution is 2.41. The lowest BCUT2D eigenvalue weighted by Crippen LogP contribution is -2.52. The number of imide groups is 1. The van der Waals surface area contributed by atoms with Crippen molar-refractivity contribution in [2.45, 2.75) is 26.2 Å². The van der Waals surface area contributed by atoms with Crippen LogP contribution in [0.15, 0.2) is 48.5 Å². The first-order valence-corrected chi connectivity index (χ1v) is 10.9. The smallest absolute Gasteiger partial charge is 0.273 e. The number of halogens is 1. The molecule has 0 radical (unpaired) electrons. The number of nitro benzene ring substituents is 1. The molecule has 34 heavy (non-hydrogen) atoms. The summed E-state index contributed by atoms with van der Waals surface area (Å²) in [4.78, 5) is 63.3. The van der Waals surface area contributed by atoms with Gasteiger partial charge in [0, 0.05) is 23.3 Å². The summed E-state index contributed by atoms with van der Waals surface area (Å²) >= 11 is 0. The second kappa shape index (κ2) is 9.12. The highest BCUT2D eigenvalue weighted by atomic mass is 19.1. The van der Waals surface area contributed by atoms with Crippen molar-refractivity contribution in [2.24, 2.45) is 17.8 Å². The number of amides is 3. The average molecular weight is 467 g/mol. The van der Waals surface area contributed by atoms with Gasteiger partial charge in [-0.25, -0.2) is 9.40 Å². The molecule has 0 N–H and O–H groups in total. The SMILES string of the molecule is C[C@@H]1CC[C@H]2C(=O)N(N(CC(=O)c3ccc(F)cc3)C(=O)c3cccc([N+](=O)[O-])c3)C(=O)[C@H]2C1. The van der Waals surface area contributed by atoms with Crippen LogP contribution < -0.4 is 0 Å². The fourth-order valence-electron chi connectivity index (χ4n) is 4.61. The number of fused-ring (bicyclic) bond motifs is 1. The first-order valence-electron chi connectivity index (χ1n) is 10.9. The van der Waals surface area contributed by atoms with E-state index in [-0.39, 0.29) is 22.7 Å². The zero-order chi connectivity index (χ0) is 24.6. The average Bonchev–Trinajstić information content (AvgIpc) is 3.06. The molecule has 1 saturated heterocycles. The predicted molar refractivity (Wildman–Crippen MR) is 117 cm³/mol. The maximum Gasteiger partial charge on any atom is 0.273 e. The summed E-state index contributed by atoms with van der Waals surface area (Å²) in [5.74, 6) is -4.12. The molecule has 0 spiro atoms. The van der Waals surface area contributed by atoms with Crippen molar-refractivity contribution < 1.29 is 28.5 Å². The van der Waals surface area contributed by atoms with Crippen LogP contribution in [0.2, 0.25) is 0 Å². The van der Waals surface area contributed by atoms with Gasteiger partial charge in [0.25, 0.3) is 23.4 Å². The van der Waals surface area contributed by atoms with Crippen molar-refractivity contribution in [1.29, 1.82) is 0 Å². The van der Waals surface area contributed by atoms with Crippen LogP contribution in [0, 0.1) is 33.7 Å². The van der Waals surface area contributed by atoms with E-state index in [4.69, 9.17) is 0 Å². The van der Waals surface area contributed by atoms with Crippen LogP contribution in [-0.4, -0.2) is 45.0 Å². The second-order valence-electron chi connectivity index (χ2n) is 8.72. The van der Waals surface area contributed by atoms with E-state index in [9.17, 15) is 33.7 Å². The number of hydrogen-bond donors (Lipinski definition) is 0. The number of carbonyl (C=O) groups excluding carboxylic acids is 4. The third-order valence-electron chi connectivity index (χ3n) is 6.40. The molecule has 9 nitrogen and oxygen atoms in total. The molecule has 10 heteroatoms. The lowest BCUT2D eigenvalue weighted by Gasteiger charge is -2.30. The zero-order valence-corrected chi connectivity index (χ0v) is 18.3. The minimum absolute atomic E-state index is 0.0865. The molecule has 0 bridgehead atoms. The van der Waals surface area contributed by atoms with Gasteiger partial charge < -0.3 is 0 Å². The van der Waals surface area contributed by atoms with E-state index in [1.807, 2.05) is 6.92 Å². The van der Waals surface area contributed by atoms with Gasteiger partial charge in [0.1, 0.15) is 12.4 Å². The number of carbonyl (C=O) groups is 4. The zero-order valence-electron chi connectivity index (χ0n) is 18.3. The van der Waals surface area contributed by atoms with E-state index < -0.39 is 52.6 Å². The maximum atomic E-state index is 13.4. The monoisotopic (exact) mass is 467 g/mol. The number of nitrogens with zero attached hydrogens (tertiary/aromatic N) is 3. The van der Waals surface area contributed by atoms with Crippen LogP contribution in [0.1, 0.15) is 46.9 Å². The van der Waals surface area contributed by atoms with Crippen molar-refractivity contribution >= 4 is 29.2 Å². The van der Waals surface area contributed by atoms with Gasteiger partial charge in [0.2, 0.25) is 0 Å². The molecular weight excluding hydrogens is 445 g/mol. The Morgan fingerprint density at radius 3 is 2.41 bits per heavy atom. The van der Waals surface area contributed by atoms with Crippen LogP contribution in [-0.2, 0) is 9.59 Å². The van der Waals surface area contributed by atoms with Crippen molar-refractivity contribution in [3.63, 3.8) is 0 Å². The van der Waals surface area contributed by atoms with Crippen LogP contribution >= 0.6 is 0 Å². The number of rotatable bonds is 6. The summed E-state index contributed by atoms with van der Waals surface area (Å²) in [7, 11) is 0. The Morgan fingerprint density at radius 1 is 1.06 bits per heavy atom. The molecule has 2 fully saturated rings. The lowest BCUT2D eigenvalue weighted by molar-refractivity contribution is -0.384. The maximum absolute atomic E-state index is 13.4. The summed E-state index contributed by atoms with van der Waals surface area (Å²) in [6.07, 6.45) is 1.76. The van der Waals surface area contributed by atoms with Gasteiger partial charge in [-0.05, 0) is 55.5 Å². The normalized spacial score (nSPS) is 21.8. The number of benzene rings is 2. The molecule has 1 aliphatic carbocycles. The number of hydrogen-bond acceptors (Lipinski definition) is 6. The fraction of sp³-hybridized carbons (Fsp3) is 0.333. The molecule has 3 atom stereocenters. The highest BCUT2D eigenvalue weighted by molar-refractivity contribution is 6.09. The summed E-state index contributed by atoms with van der Waals surface area (Å²) in [6.45, 7) is 1.32. The summed E-state index contributed by atoms with van der Waals surface area (Å²) in [6, 6.07) is 9.49. The van der Waals surface area contributed by atoms with E-state index in [1.165, 1.54) is 30.3 Å². The van der Waals surface area contributed by atoms with Crippen LogP contribution in [0.5, 0.6) is 0 Å². The van der Waals surface area contributed by atoms with E-state index >= 15 is 0 Å². The predicted octanol–water partition coefficient (Wildman–Crippen LogP) is 3.40. The van der Waals surface area contributed by atoms with Crippen molar-refractivity contribution in [2.75, 3.05) is 6.54 Å². The van der Waals surface area contributed by atoms with Gasteiger partial charge in [-0.15, -0.1) is 0 Å². The second-order valence-corrected chi connectivity index (χ2v) is 8.72. The van der Waals surface area contributed by atoms with Gasteiger partial charge >= 0.3 is 0 Å². The van der Waals surface area contributed by atoms with Gasteiger partial charge in [0.05, 0.1) is 16.8 Å². The molecule has 2 aliphatic rings. The van der Waals surface area contributed by atoms with E-state index in [1.54, 1.807) is 0 Å². The quantitative estimate of drug-likeness (QED) is 0.278. The van der Waals surface area contributed by atoms with Crippen LogP contribution in [0.25, 0.3) is 0 Å². The Hall–Kier alpha value is -3.95. The Bertz CT molecular complexity index is 1180.